The van der Waals surface area contributed by atoms with Gasteiger partial charge in [-0.2, -0.15) is 0 Å². The van der Waals surface area contributed by atoms with Crippen LogP contribution in [0, 0.1) is 5.92 Å². The van der Waals surface area contributed by atoms with Crippen molar-refractivity contribution in [1.29, 1.82) is 0 Å². The van der Waals surface area contributed by atoms with Gasteiger partial charge in [-0.1, -0.05) is 25.0 Å². The molecular formula is C18H25N3O. The molecule has 1 saturated carbocycles. The number of hydrogen-bond acceptors (Lipinski definition) is 2. The van der Waals surface area contributed by atoms with Crippen LogP contribution in [-0.4, -0.2) is 34.1 Å². The molecule has 2 aliphatic rings. The maximum Gasteiger partial charge on any atom is 0.326 e. The summed E-state index contributed by atoms with van der Waals surface area (Å²) < 4.78 is 1.99. The number of para-hydroxylation sites is 2. The lowest BCUT2D eigenvalue weighted by Gasteiger charge is -2.34. The summed E-state index contributed by atoms with van der Waals surface area (Å²) in [4.78, 5) is 17.9. The highest BCUT2D eigenvalue weighted by Crippen LogP contribution is 2.29. The number of hydrogen-bond donors (Lipinski definition) is 1. The maximum atomic E-state index is 12.3. The molecule has 0 amide bonds. The van der Waals surface area contributed by atoms with Crippen molar-refractivity contribution in [1.82, 2.24) is 14.5 Å². The summed E-state index contributed by atoms with van der Waals surface area (Å²) in [7, 11) is 0. The molecule has 0 spiro atoms. The van der Waals surface area contributed by atoms with Crippen molar-refractivity contribution in [3.63, 3.8) is 0 Å². The highest BCUT2D eigenvalue weighted by atomic mass is 16.1. The first-order valence-electron chi connectivity index (χ1n) is 8.73. The fourth-order valence-corrected chi connectivity index (χ4v) is 4.35. The lowest BCUT2D eigenvalue weighted by Crippen LogP contribution is -2.39. The summed E-state index contributed by atoms with van der Waals surface area (Å²) in [5.41, 5.74) is 2.07. The van der Waals surface area contributed by atoms with Crippen molar-refractivity contribution in [2.24, 2.45) is 5.92 Å². The van der Waals surface area contributed by atoms with Gasteiger partial charge in [0, 0.05) is 25.7 Å². The molecule has 1 aromatic carbocycles. The minimum Gasteiger partial charge on any atom is -0.306 e. The van der Waals surface area contributed by atoms with Crippen LogP contribution < -0.4 is 5.69 Å². The fraction of sp³-hybridized carbons (Fsp3) is 0.611. The molecule has 4 rings (SSSR count). The molecule has 2 aromatic rings. The van der Waals surface area contributed by atoms with Crippen molar-refractivity contribution in [2.45, 2.75) is 44.6 Å². The summed E-state index contributed by atoms with van der Waals surface area (Å²) >= 11 is 0. The fourth-order valence-electron chi connectivity index (χ4n) is 4.35. The van der Waals surface area contributed by atoms with Crippen LogP contribution in [0.25, 0.3) is 11.0 Å². The number of piperidine rings is 1. The standard InChI is InChI=1S/C18H25N3O/c22-18-19-16-7-3-4-8-17(16)21(18)15-9-11-20(12-10-15)13-14-5-1-2-6-14/h3-4,7-8,14-15H,1-2,5-6,9-13H2,(H,19,22). The molecule has 0 atom stereocenters. The average molecular weight is 299 g/mol. The average Bonchev–Trinajstić information content (AvgIpc) is 3.15. The quantitative estimate of drug-likeness (QED) is 0.946. The Morgan fingerprint density at radius 2 is 1.77 bits per heavy atom. The molecule has 1 aliphatic carbocycles. The minimum atomic E-state index is 0.0513. The van der Waals surface area contributed by atoms with Crippen LogP contribution in [0.1, 0.15) is 44.6 Å². The van der Waals surface area contributed by atoms with Gasteiger partial charge >= 0.3 is 5.69 Å². The van der Waals surface area contributed by atoms with E-state index in [0.29, 0.717) is 6.04 Å². The molecule has 1 aromatic heterocycles. The number of fused-ring (bicyclic) bond motifs is 1. The Balaban J connectivity index is 1.46. The lowest BCUT2D eigenvalue weighted by molar-refractivity contribution is 0.163. The second-order valence-corrected chi connectivity index (χ2v) is 7.00. The zero-order chi connectivity index (χ0) is 14.9. The van der Waals surface area contributed by atoms with Crippen molar-refractivity contribution in [2.75, 3.05) is 19.6 Å². The molecule has 0 bridgehead atoms. The Bertz CT molecular complexity index is 688. The minimum absolute atomic E-state index is 0.0513. The van der Waals surface area contributed by atoms with E-state index in [4.69, 9.17) is 0 Å². The van der Waals surface area contributed by atoms with Gasteiger partial charge in [-0.3, -0.25) is 4.57 Å². The summed E-state index contributed by atoms with van der Waals surface area (Å²) in [6, 6.07) is 8.39. The van der Waals surface area contributed by atoms with Crippen LogP contribution in [0.2, 0.25) is 0 Å². The number of aromatic nitrogens is 2. The van der Waals surface area contributed by atoms with Gasteiger partial charge in [0.15, 0.2) is 0 Å². The van der Waals surface area contributed by atoms with Crippen LogP contribution in [0.5, 0.6) is 0 Å². The Hall–Kier alpha value is -1.55. The van der Waals surface area contributed by atoms with Crippen LogP contribution in [0.3, 0.4) is 0 Å². The molecule has 4 nitrogen and oxygen atoms in total. The number of aromatic amines is 1. The largest absolute Gasteiger partial charge is 0.326 e. The van der Waals surface area contributed by atoms with E-state index in [1.807, 2.05) is 22.8 Å². The van der Waals surface area contributed by atoms with Gasteiger partial charge in [0.05, 0.1) is 11.0 Å². The maximum absolute atomic E-state index is 12.3. The van der Waals surface area contributed by atoms with Crippen LogP contribution in [0.15, 0.2) is 29.1 Å². The molecule has 1 saturated heterocycles. The van der Waals surface area contributed by atoms with E-state index in [1.165, 1.54) is 32.2 Å². The van der Waals surface area contributed by atoms with Gasteiger partial charge in [-0.05, 0) is 43.7 Å². The summed E-state index contributed by atoms with van der Waals surface area (Å²) in [5, 5.41) is 0. The van der Waals surface area contributed by atoms with Crippen molar-refractivity contribution < 1.29 is 0 Å². The number of nitrogens with zero attached hydrogens (tertiary/aromatic N) is 2. The van der Waals surface area contributed by atoms with Gasteiger partial charge < -0.3 is 9.88 Å². The van der Waals surface area contributed by atoms with Gasteiger partial charge in [0.25, 0.3) is 0 Å². The molecule has 118 valence electrons. The van der Waals surface area contributed by atoms with Crippen molar-refractivity contribution >= 4 is 11.0 Å². The van der Waals surface area contributed by atoms with E-state index < -0.39 is 0 Å². The monoisotopic (exact) mass is 299 g/mol. The normalized spacial score (nSPS) is 21.8. The number of imidazole rings is 1. The van der Waals surface area contributed by atoms with E-state index >= 15 is 0 Å². The van der Waals surface area contributed by atoms with Crippen molar-refractivity contribution in [3.8, 4) is 0 Å². The predicted molar refractivity (Wildman–Crippen MR) is 89.2 cm³/mol. The third-order valence-electron chi connectivity index (χ3n) is 5.54. The van der Waals surface area contributed by atoms with Gasteiger partial charge in [0.1, 0.15) is 0 Å². The number of likely N-dealkylation sites (tertiary alicyclic amines) is 1. The van der Waals surface area contributed by atoms with E-state index in [9.17, 15) is 4.79 Å². The first-order chi connectivity index (χ1) is 10.8. The van der Waals surface area contributed by atoms with Gasteiger partial charge in [-0.25, -0.2) is 4.79 Å². The Morgan fingerprint density at radius 1 is 1.05 bits per heavy atom. The number of nitrogens with one attached hydrogen (secondary N) is 1. The van der Waals surface area contributed by atoms with E-state index in [2.05, 4.69) is 16.0 Å². The predicted octanol–water partition coefficient (Wildman–Crippen LogP) is 3.16. The lowest BCUT2D eigenvalue weighted by atomic mass is 10.0. The molecule has 0 radical (unpaired) electrons. The Morgan fingerprint density at radius 3 is 2.55 bits per heavy atom. The second kappa shape index (κ2) is 5.92. The third kappa shape index (κ3) is 2.60. The molecule has 2 fully saturated rings. The molecule has 2 heterocycles. The van der Waals surface area contributed by atoms with E-state index in [1.54, 1.807) is 0 Å². The molecule has 4 heteroatoms. The summed E-state index contributed by atoms with van der Waals surface area (Å²) in [5.74, 6) is 0.923. The third-order valence-corrected chi connectivity index (χ3v) is 5.54. The second-order valence-electron chi connectivity index (χ2n) is 7.00. The van der Waals surface area contributed by atoms with E-state index in [-0.39, 0.29) is 5.69 Å². The zero-order valence-corrected chi connectivity index (χ0v) is 13.1. The summed E-state index contributed by atoms with van der Waals surface area (Å²) in [6.07, 6.45) is 7.87. The number of benzene rings is 1. The Labute approximate surface area is 131 Å². The highest BCUT2D eigenvalue weighted by Gasteiger charge is 2.25. The SMILES string of the molecule is O=c1[nH]c2ccccc2n1C1CCN(CC2CCCC2)CC1. The zero-order valence-electron chi connectivity index (χ0n) is 13.1. The molecule has 0 unspecified atom stereocenters. The summed E-state index contributed by atoms with van der Waals surface area (Å²) in [6.45, 7) is 3.54. The molecule has 1 aliphatic heterocycles. The van der Waals surface area contributed by atoms with E-state index in [0.717, 1.165) is 42.9 Å². The first kappa shape index (κ1) is 14.1. The van der Waals surface area contributed by atoms with Gasteiger partial charge in [-0.15, -0.1) is 0 Å². The molecular weight excluding hydrogens is 274 g/mol. The topological polar surface area (TPSA) is 41.0 Å². The first-order valence-corrected chi connectivity index (χ1v) is 8.73. The van der Waals surface area contributed by atoms with Crippen LogP contribution >= 0.6 is 0 Å². The van der Waals surface area contributed by atoms with Crippen LogP contribution in [0.4, 0.5) is 0 Å². The van der Waals surface area contributed by atoms with Crippen LogP contribution in [-0.2, 0) is 0 Å². The number of H-pyrrole nitrogens is 1. The van der Waals surface area contributed by atoms with Gasteiger partial charge in [0.2, 0.25) is 0 Å². The number of rotatable bonds is 3. The smallest absolute Gasteiger partial charge is 0.306 e. The highest BCUT2D eigenvalue weighted by molar-refractivity contribution is 5.75. The molecule has 1 N–H and O–H groups in total. The van der Waals surface area contributed by atoms with Crippen molar-refractivity contribution in [3.05, 3.63) is 34.7 Å². The Kier molecular flexibility index (Phi) is 3.78. The molecule has 22 heavy (non-hydrogen) atoms.